The maximum Gasteiger partial charge on any atom is 0.416 e. The Morgan fingerprint density at radius 2 is 2.06 bits per heavy atom. The number of rotatable bonds is 2. The molecule has 6 heteroatoms. The van der Waals surface area contributed by atoms with E-state index in [0.29, 0.717) is 5.56 Å². The van der Waals surface area contributed by atoms with Gasteiger partial charge in [-0.2, -0.15) is 13.2 Å². The van der Waals surface area contributed by atoms with E-state index in [9.17, 15) is 18.0 Å². The fourth-order valence-corrected chi connectivity index (χ4v) is 1.13. The van der Waals surface area contributed by atoms with Crippen LogP contribution in [0.2, 0.25) is 0 Å². The van der Waals surface area contributed by atoms with Gasteiger partial charge < -0.3 is 11.1 Å². The van der Waals surface area contributed by atoms with Crippen LogP contribution in [0.15, 0.2) is 18.2 Å². The molecule has 16 heavy (non-hydrogen) atoms. The minimum absolute atomic E-state index is 0.130. The molecule has 0 saturated heterocycles. The molecule has 1 rings (SSSR count). The Bertz CT molecular complexity index is 402. The van der Waals surface area contributed by atoms with E-state index in [4.69, 9.17) is 5.73 Å². The molecule has 0 heterocycles. The predicted octanol–water partition coefficient (Wildman–Crippen LogP) is 1.91. The fraction of sp³-hybridized carbons (Fsp3) is 0.300. The first-order valence-corrected chi connectivity index (χ1v) is 4.52. The highest BCUT2D eigenvalue weighted by atomic mass is 19.4. The van der Waals surface area contributed by atoms with Crippen LogP contribution >= 0.6 is 0 Å². The first-order chi connectivity index (χ1) is 7.34. The average Bonchev–Trinajstić information content (AvgIpc) is 2.19. The lowest BCUT2D eigenvalue weighted by Gasteiger charge is -2.11. The molecule has 0 atom stereocenters. The van der Waals surface area contributed by atoms with Gasteiger partial charge in [0.15, 0.2) is 0 Å². The largest absolute Gasteiger partial charge is 0.416 e. The average molecular weight is 232 g/mol. The van der Waals surface area contributed by atoms with Crippen LogP contribution in [0.1, 0.15) is 11.1 Å². The second-order valence-electron chi connectivity index (χ2n) is 3.28. The number of nitrogens with one attached hydrogen (secondary N) is 1. The Morgan fingerprint density at radius 1 is 1.44 bits per heavy atom. The normalized spacial score (nSPS) is 11.3. The minimum Gasteiger partial charge on any atom is -0.325 e. The van der Waals surface area contributed by atoms with Crippen molar-refractivity contribution in [2.45, 2.75) is 13.1 Å². The molecule has 0 aromatic heterocycles. The summed E-state index contributed by atoms with van der Waals surface area (Å²) >= 11 is 0. The van der Waals surface area contributed by atoms with Gasteiger partial charge >= 0.3 is 6.18 Å². The fourth-order valence-electron chi connectivity index (χ4n) is 1.13. The van der Waals surface area contributed by atoms with E-state index in [1.807, 2.05) is 0 Å². The number of halogens is 3. The summed E-state index contributed by atoms with van der Waals surface area (Å²) in [5.41, 5.74) is 4.94. The summed E-state index contributed by atoms with van der Waals surface area (Å²) in [5, 5.41) is 2.31. The van der Waals surface area contributed by atoms with Gasteiger partial charge in [-0.05, 0) is 24.6 Å². The zero-order valence-corrected chi connectivity index (χ0v) is 8.56. The maximum atomic E-state index is 12.4. The lowest BCUT2D eigenvalue weighted by molar-refractivity contribution is -0.137. The van der Waals surface area contributed by atoms with Crippen LogP contribution in [0.25, 0.3) is 0 Å². The standard InChI is InChI=1S/C10H11F3N2O/c1-6-2-3-7(10(11,12)13)4-8(6)15-9(16)5-14/h2-4H,5,14H2,1H3,(H,15,16). The van der Waals surface area contributed by atoms with Gasteiger partial charge in [0, 0.05) is 5.69 Å². The molecular formula is C10H11F3N2O. The highest BCUT2D eigenvalue weighted by Gasteiger charge is 2.30. The number of carbonyl (C=O) groups excluding carboxylic acids is 1. The van der Waals surface area contributed by atoms with Crippen molar-refractivity contribution in [3.05, 3.63) is 29.3 Å². The molecule has 1 aromatic rings. The summed E-state index contributed by atoms with van der Waals surface area (Å²) in [6.45, 7) is 1.34. The van der Waals surface area contributed by atoms with E-state index >= 15 is 0 Å². The van der Waals surface area contributed by atoms with Crippen LogP contribution in [0.4, 0.5) is 18.9 Å². The zero-order chi connectivity index (χ0) is 12.3. The van der Waals surface area contributed by atoms with E-state index in [1.165, 1.54) is 6.07 Å². The number of amides is 1. The lowest BCUT2D eigenvalue weighted by atomic mass is 10.1. The van der Waals surface area contributed by atoms with Crippen LogP contribution in [-0.4, -0.2) is 12.5 Å². The summed E-state index contributed by atoms with van der Waals surface area (Å²) in [6.07, 6.45) is -4.42. The number of alkyl halides is 3. The quantitative estimate of drug-likeness (QED) is 0.818. The SMILES string of the molecule is Cc1ccc(C(F)(F)F)cc1NC(=O)CN. The molecule has 0 radical (unpaired) electrons. The van der Waals surface area contributed by atoms with Crippen LogP contribution < -0.4 is 11.1 Å². The van der Waals surface area contributed by atoms with Crippen molar-refractivity contribution in [1.29, 1.82) is 0 Å². The Hall–Kier alpha value is -1.56. The number of hydrogen-bond acceptors (Lipinski definition) is 2. The Kier molecular flexibility index (Phi) is 3.54. The monoisotopic (exact) mass is 232 g/mol. The molecule has 1 amide bonds. The summed E-state index contributed by atoms with van der Waals surface area (Å²) in [5.74, 6) is -0.526. The number of aryl methyl sites for hydroxylation is 1. The molecule has 0 spiro atoms. The van der Waals surface area contributed by atoms with E-state index in [1.54, 1.807) is 6.92 Å². The van der Waals surface area contributed by atoms with Gasteiger partial charge in [-0.1, -0.05) is 6.07 Å². The van der Waals surface area contributed by atoms with E-state index in [-0.39, 0.29) is 12.2 Å². The highest BCUT2D eigenvalue weighted by Crippen LogP contribution is 2.31. The van der Waals surface area contributed by atoms with E-state index in [2.05, 4.69) is 5.32 Å². The third kappa shape index (κ3) is 2.96. The molecule has 0 aliphatic heterocycles. The number of benzene rings is 1. The van der Waals surface area contributed by atoms with Gasteiger partial charge in [0.25, 0.3) is 0 Å². The van der Waals surface area contributed by atoms with Crippen molar-refractivity contribution in [2.24, 2.45) is 5.73 Å². The Labute approximate surface area is 90.4 Å². The van der Waals surface area contributed by atoms with Crippen molar-refractivity contribution >= 4 is 11.6 Å². The van der Waals surface area contributed by atoms with Gasteiger partial charge in [0.1, 0.15) is 0 Å². The van der Waals surface area contributed by atoms with Crippen LogP contribution in [0.5, 0.6) is 0 Å². The number of carbonyl (C=O) groups is 1. The summed E-state index contributed by atoms with van der Waals surface area (Å²) in [7, 11) is 0. The molecule has 1 aromatic carbocycles. The Morgan fingerprint density at radius 3 is 2.56 bits per heavy atom. The van der Waals surface area contributed by atoms with E-state index in [0.717, 1.165) is 12.1 Å². The van der Waals surface area contributed by atoms with Gasteiger partial charge in [-0.3, -0.25) is 4.79 Å². The summed E-state index contributed by atoms with van der Waals surface area (Å²) < 4.78 is 37.1. The lowest BCUT2D eigenvalue weighted by Crippen LogP contribution is -2.22. The second-order valence-corrected chi connectivity index (χ2v) is 3.28. The van der Waals surface area contributed by atoms with Gasteiger partial charge in [-0.15, -0.1) is 0 Å². The minimum atomic E-state index is -4.42. The smallest absolute Gasteiger partial charge is 0.325 e. The molecule has 3 nitrogen and oxygen atoms in total. The summed E-state index contributed by atoms with van der Waals surface area (Å²) in [6, 6.07) is 3.16. The zero-order valence-electron chi connectivity index (χ0n) is 8.56. The van der Waals surface area contributed by atoms with Crippen molar-refractivity contribution in [1.82, 2.24) is 0 Å². The highest BCUT2D eigenvalue weighted by molar-refractivity contribution is 5.92. The van der Waals surface area contributed by atoms with Gasteiger partial charge in [0.2, 0.25) is 5.91 Å². The third-order valence-electron chi connectivity index (χ3n) is 2.02. The number of hydrogen-bond donors (Lipinski definition) is 2. The van der Waals surface area contributed by atoms with Crippen LogP contribution in [0, 0.1) is 6.92 Å². The Balaban J connectivity index is 3.04. The molecule has 0 bridgehead atoms. The van der Waals surface area contributed by atoms with Crippen molar-refractivity contribution < 1.29 is 18.0 Å². The van der Waals surface area contributed by atoms with Gasteiger partial charge in [0.05, 0.1) is 12.1 Å². The van der Waals surface area contributed by atoms with Crippen molar-refractivity contribution in [3.8, 4) is 0 Å². The molecule has 0 unspecified atom stereocenters. The van der Waals surface area contributed by atoms with Crippen LogP contribution in [-0.2, 0) is 11.0 Å². The van der Waals surface area contributed by atoms with Gasteiger partial charge in [-0.25, -0.2) is 0 Å². The molecule has 0 aliphatic carbocycles. The topological polar surface area (TPSA) is 55.1 Å². The molecule has 88 valence electrons. The van der Waals surface area contributed by atoms with Crippen molar-refractivity contribution in [2.75, 3.05) is 11.9 Å². The molecule has 0 aliphatic rings. The number of anilines is 1. The third-order valence-corrected chi connectivity index (χ3v) is 2.02. The number of nitrogens with two attached hydrogens (primary N) is 1. The van der Waals surface area contributed by atoms with Crippen LogP contribution in [0.3, 0.4) is 0 Å². The molecule has 0 fully saturated rings. The maximum absolute atomic E-state index is 12.4. The molecular weight excluding hydrogens is 221 g/mol. The van der Waals surface area contributed by atoms with E-state index < -0.39 is 17.6 Å². The first kappa shape index (κ1) is 12.5. The predicted molar refractivity (Wildman–Crippen MR) is 53.9 cm³/mol. The molecule has 3 N–H and O–H groups in total. The first-order valence-electron chi connectivity index (χ1n) is 4.52. The molecule has 0 saturated carbocycles. The second kappa shape index (κ2) is 4.52. The summed E-state index contributed by atoms with van der Waals surface area (Å²) in [4.78, 5) is 11.0. The van der Waals surface area contributed by atoms with Crippen molar-refractivity contribution in [3.63, 3.8) is 0 Å².